The zero-order chi connectivity index (χ0) is 55.9. The zero-order valence-electron chi connectivity index (χ0n) is 42.8. The molecule has 10 aromatic rings. The van der Waals surface area contributed by atoms with Crippen LogP contribution in [0.15, 0.2) is 182 Å². The van der Waals surface area contributed by atoms with Gasteiger partial charge in [0.1, 0.15) is 0 Å². The molecule has 0 spiro atoms. The zero-order valence-corrected chi connectivity index (χ0v) is 51.0. The minimum atomic E-state index is -1.67. The van der Waals surface area contributed by atoms with Crippen LogP contribution in [0.25, 0.3) is 53.9 Å². The van der Waals surface area contributed by atoms with Gasteiger partial charge in [0, 0.05) is 80.3 Å². The summed E-state index contributed by atoms with van der Waals surface area (Å²) < 4.78 is 22.9. The molecule has 420 valence electrons. The van der Waals surface area contributed by atoms with E-state index in [2.05, 4.69) is 54.9 Å². The maximum atomic E-state index is 11.5. The third kappa shape index (κ3) is 24.8. The van der Waals surface area contributed by atoms with Gasteiger partial charge in [-0.1, -0.05) is 167 Å². The molecule has 0 radical (unpaired) electrons. The van der Waals surface area contributed by atoms with E-state index in [-0.39, 0.29) is 67.4 Å². The molecule has 0 amide bonds. The molecule has 10 nitrogen and oxygen atoms in total. The molecule has 0 aliphatic rings. The topological polar surface area (TPSA) is 210 Å². The molecule has 0 aliphatic heterocycles. The standard InChI is InChI=1S/C12H9ClO2.C11H8Cl2.C11H10ClN.C11H7ClO2.C11H9ClO.Al.2Cl2OS.Li.H3N.H2O.4H/c1-15-12(14)10-4-2-3-8-5-6-9(13)7-11(8)10;12-7-9-3-1-2-8-4-5-10(13)6-11(8)9;12-10-5-4-8-2-1-3-9(7-13)11(8)6-10;12-8-5-4-7-2-1-3-9(11(13)14)10(7)6-8;12-10-5-4-8-2-1-3-9(7-13)11(8)6-10;;2*1-4(2)3;;;;;;;/h2-7H,1H3;1-6H,7H2;1-6H,7,13H2;1-6H,(H,13,14);1-6,13H,7H2;;;;;1H3;1H2;;;;/q;;;;;;;;+1;;;;;;-1. The molecule has 0 fully saturated rings. The van der Waals surface area contributed by atoms with Crippen molar-refractivity contribution < 1.29 is 58.7 Å². The predicted molar refractivity (Wildman–Crippen MR) is 346 cm³/mol. The molecular formula is C56H52AlCl10LiN2O8S2. The quantitative estimate of drug-likeness (QED) is 0.0558. The average molecular weight is 1330 g/mol. The number of carbonyl (C=O) groups excluding carboxylic acids is 1. The van der Waals surface area contributed by atoms with Gasteiger partial charge in [-0.2, -0.15) is 0 Å². The Balaban J connectivity index is 0. The van der Waals surface area contributed by atoms with Gasteiger partial charge in [-0.15, -0.1) is 11.6 Å². The molecule has 0 aromatic heterocycles. The number of carboxylic acids is 1. The van der Waals surface area contributed by atoms with E-state index in [4.69, 9.17) is 98.7 Å². The number of halogens is 10. The van der Waals surface area contributed by atoms with Gasteiger partial charge in [-0.3, -0.25) is 0 Å². The molecule has 80 heavy (non-hydrogen) atoms. The number of rotatable bonds is 5. The summed E-state index contributed by atoms with van der Waals surface area (Å²) in [6, 6.07) is 56.7. The maximum Gasteiger partial charge on any atom is 1.00 e. The number of aromatic carboxylic acids is 1. The van der Waals surface area contributed by atoms with Crippen LogP contribution in [-0.4, -0.2) is 60.5 Å². The fraction of sp³-hybridized carbons (Fsp3) is 0.0714. The molecule has 9 N–H and O–H groups in total. The summed E-state index contributed by atoms with van der Waals surface area (Å²) in [5.74, 6) is -0.752. The third-order valence-corrected chi connectivity index (χ3v) is 12.1. The monoisotopic (exact) mass is 1330 g/mol. The Kier molecular flexibility index (Phi) is 38.3. The van der Waals surface area contributed by atoms with Crippen molar-refractivity contribution in [2.24, 2.45) is 5.73 Å². The summed E-state index contributed by atoms with van der Waals surface area (Å²) in [7, 11) is 16.1. The van der Waals surface area contributed by atoms with Gasteiger partial charge in [0.2, 0.25) is 18.5 Å². The van der Waals surface area contributed by atoms with Crippen LogP contribution in [0, 0.1) is 0 Å². The van der Waals surface area contributed by atoms with Crippen LogP contribution >= 0.6 is 112 Å². The van der Waals surface area contributed by atoms with Crippen molar-refractivity contribution in [3.63, 3.8) is 0 Å². The summed E-state index contributed by atoms with van der Waals surface area (Å²) in [4.78, 5) is 22.4. The number of hydrogen-bond acceptors (Lipinski definition) is 8. The van der Waals surface area contributed by atoms with Crippen molar-refractivity contribution in [3.8, 4) is 0 Å². The Morgan fingerprint density at radius 3 is 1.10 bits per heavy atom. The van der Waals surface area contributed by atoms with Crippen LogP contribution < -0.4 is 30.7 Å². The predicted octanol–water partition coefficient (Wildman–Crippen LogP) is 14.0. The van der Waals surface area contributed by atoms with Crippen molar-refractivity contribution in [2.75, 3.05) is 7.11 Å². The van der Waals surface area contributed by atoms with E-state index in [1.807, 2.05) is 127 Å². The normalized spacial score (nSPS) is 9.79. The average Bonchev–Trinajstić information content (AvgIpc) is 3.40. The molecule has 0 aliphatic carbocycles. The van der Waals surface area contributed by atoms with Gasteiger partial charge in [0.15, 0.2) is 17.4 Å². The van der Waals surface area contributed by atoms with Crippen LogP contribution in [0.5, 0.6) is 0 Å². The Labute approximate surface area is 540 Å². The number of alkyl halides is 1. The fourth-order valence-corrected chi connectivity index (χ4v) is 8.42. The number of esters is 1. The number of nitrogens with two attached hydrogens (primary N) is 1. The first kappa shape index (κ1) is 76.6. The van der Waals surface area contributed by atoms with Crippen molar-refractivity contribution >= 4 is 214 Å². The van der Waals surface area contributed by atoms with E-state index >= 15 is 0 Å². The number of aliphatic hydroxyl groups excluding tert-OH is 1. The van der Waals surface area contributed by atoms with Crippen LogP contribution in [0.1, 0.15) is 38.8 Å². The van der Waals surface area contributed by atoms with E-state index in [1.54, 1.807) is 42.5 Å². The van der Waals surface area contributed by atoms with Crippen LogP contribution in [-0.2, 0) is 42.2 Å². The number of aliphatic hydroxyl groups is 1. The van der Waals surface area contributed by atoms with E-state index in [0.717, 1.165) is 64.4 Å². The van der Waals surface area contributed by atoms with Gasteiger partial charge < -0.3 is 33.7 Å². The molecule has 0 heterocycles. The second-order valence-corrected chi connectivity index (χ2v) is 22.8. The number of ether oxygens (including phenoxy) is 1. The molecule has 0 saturated heterocycles. The molecule has 0 atom stereocenters. The van der Waals surface area contributed by atoms with Gasteiger partial charge in [0.05, 0.1) is 24.8 Å². The summed E-state index contributed by atoms with van der Waals surface area (Å²) in [5.41, 5.74) is 9.63. The third-order valence-electron chi connectivity index (χ3n) is 10.7. The molecule has 0 unspecified atom stereocenters. The van der Waals surface area contributed by atoms with Crippen molar-refractivity contribution in [2.45, 2.75) is 19.0 Å². The van der Waals surface area contributed by atoms with Crippen molar-refractivity contribution in [1.29, 1.82) is 0 Å². The SMILES string of the molecule is COC(=O)c1cccc2ccc(Cl)cc12.ClCc1cccc2ccc(Cl)cc12.N.NCc1cccc2ccc(Cl)cc12.O.O=C(O)c1cccc2ccc(Cl)cc12.O=S(Cl)Cl.O=S(Cl)Cl.OCc1cccc2ccc(Cl)cc12.[AlH3].[H-].[Li+]. The number of carbonyl (C=O) groups is 2. The molecule has 0 bridgehead atoms. The van der Waals surface area contributed by atoms with E-state index in [0.29, 0.717) is 38.4 Å². The Hall–Kier alpha value is -3.39. The van der Waals surface area contributed by atoms with E-state index < -0.39 is 24.4 Å². The minimum Gasteiger partial charge on any atom is -1.00 e. The van der Waals surface area contributed by atoms with Gasteiger partial charge >= 0.3 is 30.8 Å². The van der Waals surface area contributed by atoms with Crippen LogP contribution in [0.2, 0.25) is 25.1 Å². The second-order valence-electron chi connectivity index (χ2n) is 15.4. The molecule has 10 aromatic carbocycles. The van der Waals surface area contributed by atoms with E-state index in [9.17, 15) is 9.59 Å². The molecule has 10 rings (SSSR count). The Morgan fingerprint density at radius 2 is 0.775 bits per heavy atom. The number of hydrogen-bond donors (Lipinski definition) is 4. The number of methoxy groups -OCH3 is 1. The molecule has 0 saturated carbocycles. The fourth-order valence-electron chi connectivity index (χ4n) is 7.33. The first-order valence-corrected chi connectivity index (χ1v) is 29.9. The van der Waals surface area contributed by atoms with Crippen molar-refractivity contribution in [3.05, 3.63) is 235 Å². The smallest absolute Gasteiger partial charge is 1.00 e. The van der Waals surface area contributed by atoms with Gasteiger partial charge in [0.25, 0.3) is 0 Å². The minimum absolute atomic E-state index is 0. The summed E-state index contributed by atoms with van der Waals surface area (Å²) in [6.45, 7) is 0.607. The summed E-state index contributed by atoms with van der Waals surface area (Å²) in [6.07, 6.45) is 0. The molecular weight excluding hydrogens is 1280 g/mol. The number of fused-ring (bicyclic) bond motifs is 5. The van der Waals surface area contributed by atoms with Crippen molar-refractivity contribution in [1.82, 2.24) is 6.15 Å². The summed E-state index contributed by atoms with van der Waals surface area (Å²) >= 11 is 35.2. The molecule has 24 heteroatoms. The summed E-state index contributed by atoms with van der Waals surface area (Å²) in [5, 5.41) is 31.5. The van der Waals surface area contributed by atoms with Crippen LogP contribution in [0.3, 0.4) is 0 Å². The number of carboxylic acid groups (broad SMARTS) is 1. The maximum absolute atomic E-state index is 11.5. The Morgan fingerprint density at radius 1 is 0.500 bits per heavy atom. The number of benzene rings is 10. The van der Waals surface area contributed by atoms with Gasteiger partial charge in [-0.25, -0.2) is 18.0 Å². The largest absolute Gasteiger partial charge is 1.00 e. The van der Waals surface area contributed by atoms with Gasteiger partial charge in [-0.05, 0) is 143 Å². The first-order chi connectivity index (χ1) is 36.3. The first-order valence-electron chi connectivity index (χ1n) is 21.9. The van der Waals surface area contributed by atoms with E-state index in [1.165, 1.54) is 17.9 Å². The second kappa shape index (κ2) is 40.0. The van der Waals surface area contributed by atoms with Crippen LogP contribution in [0.4, 0.5) is 0 Å². The Bertz CT molecular complexity index is 3440.